The maximum Gasteiger partial charge on any atom is 0.0118 e. The van der Waals surface area contributed by atoms with Gasteiger partial charge in [0.1, 0.15) is 0 Å². The number of hydrogen-bond acceptors (Lipinski definition) is 2. The van der Waals surface area contributed by atoms with Gasteiger partial charge in [-0.2, -0.15) is 0 Å². The largest absolute Gasteiger partial charge is 0.309 e. The number of thiol groups is 1. The van der Waals surface area contributed by atoms with E-state index in [4.69, 9.17) is 12.6 Å². The van der Waals surface area contributed by atoms with Gasteiger partial charge in [0.2, 0.25) is 0 Å². The van der Waals surface area contributed by atoms with Gasteiger partial charge in [0.15, 0.2) is 0 Å². The quantitative estimate of drug-likeness (QED) is 0.753. The van der Waals surface area contributed by atoms with E-state index in [1.807, 2.05) is 0 Å². The average Bonchev–Trinajstić information content (AvgIpc) is 2.65. The zero-order valence-electron chi connectivity index (χ0n) is 14.2. The van der Waals surface area contributed by atoms with E-state index >= 15 is 0 Å². The van der Waals surface area contributed by atoms with Crippen molar-refractivity contribution in [2.45, 2.75) is 30.6 Å². The monoisotopic (exact) mass is 323 g/mol. The molecule has 1 unspecified atom stereocenters. The standard InChI is InChI=1S/C21H25NS/c1-15-13-20-18(9-6-12-22(2)3)17-8-5-4-7-16(17)10-11-19(20)21(23)14-15/h4-5,7-8,10-11,13-14,18,23H,6,9,12H2,1-3H3. The van der Waals surface area contributed by atoms with Crippen LogP contribution in [0.4, 0.5) is 0 Å². The topological polar surface area (TPSA) is 3.24 Å². The zero-order chi connectivity index (χ0) is 16.4. The van der Waals surface area contributed by atoms with E-state index in [1.54, 1.807) is 0 Å². The van der Waals surface area contributed by atoms with Crippen LogP contribution in [-0.4, -0.2) is 25.5 Å². The molecule has 0 bridgehead atoms. The van der Waals surface area contributed by atoms with Crippen molar-refractivity contribution in [3.63, 3.8) is 0 Å². The molecule has 3 rings (SSSR count). The SMILES string of the molecule is Cc1cc(S)c2c(c1)C(CCCN(C)C)c1ccccc1C=C2. The Labute approximate surface area is 145 Å². The maximum absolute atomic E-state index is 4.74. The van der Waals surface area contributed by atoms with Gasteiger partial charge >= 0.3 is 0 Å². The van der Waals surface area contributed by atoms with E-state index in [0.717, 1.165) is 11.4 Å². The summed E-state index contributed by atoms with van der Waals surface area (Å²) in [6.07, 6.45) is 6.85. The van der Waals surface area contributed by atoms with Crippen LogP contribution < -0.4 is 0 Å². The fourth-order valence-electron chi connectivity index (χ4n) is 3.52. The highest BCUT2D eigenvalue weighted by Gasteiger charge is 2.22. The number of rotatable bonds is 4. The van der Waals surface area contributed by atoms with Crippen molar-refractivity contribution in [1.82, 2.24) is 4.90 Å². The third-order valence-corrected chi connectivity index (χ3v) is 4.98. The van der Waals surface area contributed by atoms with E-state index < -0.39 is 0 Å². The van der Waals surface area contributed by atoms with Crippen LogP contribution in [0.2, 0.25) is 0 Å². The van der Waals surface area contributed by atoms with Gasteiger partial charge in [0, 0.05) is 10.8 Å². The van der Waals surface area contributed by atoms with Crippen molar-refractivity contribution < 1.29 is 0 Å². The molecule has 0 heterocycles. The Morgan fingerprint density at radius 1 is 1.04 bits per heavy atom. The van der Waals surface area contributed by atoms with Crippen LogP contribution in [0.15, 0.2) is 41.3 Å². The first-order valence-electron chi connectivity index (χ1n) is 8.31. The fourth-order valence-corrected chi connectivity index (χ4v) is 3.93. The molecular weight excluding hydrogens is 298 g/mol. The average molecular weight is 324 g/mol. The molecule has 0 fully saturated rings. The second-order valence-corrected chi connectivity index (χ2v) is 7.23. The van der Waals surface area contributed by atoms with Crippen molar-refractivity contribution in [3.8, 4) is 0 Å². The molecule has 23 heavy (non-hydrogen) atoms. The van der Waals surface area contributed by atoms with E-state index in [2.05, 4.69) is 74.5 Å². The first kappa shape index (κ1) is 16.4. The number of fused-ring (bicyclic) bond motifs is 2. The third-order valence-electron chi connectivity index (χ3n) is 4.61. The predicted molar refractivity (Wildman–Crippen MR) is 103 cm³/mol. The molecule has 2 aromatic carbocycles. The second-order valence-electron chi connectivity index (χ2n) is 6.75. The lowest BCUT2D eigenvalue weighted by atomic mass is 9.83. The molecule has 1 aliphatic carbocycles. The highest BCUT2D eigenvalue weighted by molar-refractivity contribution is 7.80. The molecule has 0 aliphatic heterocycles. The van der Waals surface area contributed by atoms with Crippen LogP contribution in [0, 0.1) is 6.92 Å². The van der Waals surface area contributed by atoms with Crippen LogP contribution in [0.3, 0.4) is 0 Å². The van der Waals surface area contributed by atoms with Crippen LogP contribution in [-0.2, 0) is 0 Å². The van der Waals surface area contributed by atoms with E-state index in [1.165, 1.54) is 40.7 Å². The molecule has 1 nitrogen and oxygen atoms in total. The van der Waals surface area contributed by atoms with Crippen LogP contribution in [0.1, 0.15) is 46.6 Å². The molecule has 2 aromatic rings. The Morgan fingerprint density at radius 2 is 1.83 bits per heavy atom. The Morgan fingerprint density at radius 3 is 2.61 bits per heavy atom. The molecule has 0 amide bonds. The van der Waals surface area contributed by atoms with Gasteiger partial charge in [0.25, 0.3) is 0 Å². The molecule has 0 spiro atoms. The summed E-state index contributed by atoms with van der Waals surface area (Å²) in [6, 6.07) is 13.3. The van der Waals surface area contributed by atoms with E-state index in [0.29, 0.717) is 5.92 Å². The second kappa shape index (κ2) is 6.94. The molecule has 1 atom stereocenters. The van der Waals surface area contributed by atoms with Crippen LogP contribution in [0.5, 0.6) is 0 Å². The molecule has 120 valence electrons. The van der Waals surface area contributed by atoms with Crippen molar-refractivity contribution in [1.29, 1.82) is 0 Å². The molecule has 0 saturated carbocycles. The van der Waals surface area contributed by atoms with Crippen molar-refractivity contribution in [2.75, 3.05) is 20.6 Å². The molecule has 0 radical (unpaired) electrons. The number of benzene rings is 2. The Kier molecular flexibility index (Phi) is 4.93. The van der Waals surface area contributed by atoms with Gasteiger partial charge in [-0.15, -0.1) is 12.6 Å². The minimum atomic E-state index is 0.446. The summed E-state index contributed by atoms with van der Waals surface area (Å²) in [6.45, 7) is 3.29. The summed E-state index contributed by atoms with van der Waals surface area (Å²) in [7, 11) is 4.29. The van der Waals surface area contributed by atoms with Crippen molar-refractivity contribution in [2.24, 2.45) is 0 Å². The maximum atomic E-state index is 4.74. The smallest absolute Gasteiger partial charge is 0.0118 e. The third kappa shape index (κ3) is 3.54. The summed E-state index contributed by atoms with van der Waals surface area (Å²) in [5, 5.41) is 0. The van der Waals surface area contributed by atoms with E-state index in [-0.39, 0.29) is 0 Å². The number of aryl methyl sites for hydroxylation is 1. The summed E-state index contributed by atoms with van der Waals surface area (Å²) in [4.78, 5) is 3.35. The summed E-state index contributed by atoms with van der Waals surface area (Å²) < 4.78 is 0. The van der Waals surface area contributed by atoms with Crippen LogP contribution in [0.25, 0.3) is 12.2 Å². The first-order chi connectivity index (χ1) is 11.1. The number of nitrogens with zero attached hydrogens (tertiary/aromatic N) is 1. The molecule has 0 N–H and O–H groups in total. The minimum absolute atomic E-state index is 0.446. The minimum Gasteiger partial charge on any atom is -0.309 e. The molecule has 0 saturated heterocycles. The molecule has 2 heteroatoms. The van der Waals surface area contributed by atoms with Gasteiger partial charge < -0.3 is 4.90 Å². The van der Waals surface area contributed by atoms with Gasteiger partial charge in [-0.3, -0.25) is 0 Å². The summed E-state index contributed by atoms with van der Waals surface area (Å²) >= 11 is 4.74. The van der Waals surface area contributed by atoms with Gasteiger partial charge in [-0.25, -0.2) is 0 Å². The van der Waals surface area contributed by atoms with Crippen LogP contribution >= 0.6 is 12.6 Å². The van der Waals surface area contributed by atoms with E-state index in [9.17, 15) is 0 Å². The Balaban J connectivity index is 2.07. The zero-order valence-corrected chi connectivity index (χ0v) is 15.1. The van der Waals surface area contributed by atoms with Gasteiger partial charge in [-0.1, -0.05) is 42.5 Å². The molecular formula is C21H25NS. The Hall–Kier alpha value is -1.51. The highest BCUT2D eigenvalue weighted by atomic mass is 32.1. The summed E-state index contributed by atoms with van der Waals surface area (Å²) in [5.74, 6) is 0.446. The van der Waals surface area contributed by atoms with Crippen molar-refractivity contribution >= 4 is 24.8 Å². The first-order valence-corrected chi connectivity index (χ1v) is 8.76. The van der Waals surface area contributed by atoms with Crippen molar-refractivity contribution in [3.05, 3.63) is 64.2 Å². The van der Waals surface area contributed by atoms with Gasteiger partial charge in [0.05, 0.1) is 0 Å². The molecule has 0 aromatic heterocycles. The lowest BCUT2D eigenvalue weighted by molar-refractivity contribution is 0.389. The summed E-state index contributed by atoms with van der Waals surface area (Å²) in [5.41, 5.74) is 6.78. The molecule has 1 aliphatic rings. The fraction of sp³-hybridized carbons (Fsp3) is 0.333. The normalized spacial score (nSPS) is 16.1. The lowest BCUT2D eigenvalue weighted by Gasteiger charge is -2.22. The van der Waals surface area contributed by atoms with Gasteiger partial charge in [-0.05, 0) is 74.3 Å². The Bertz CT molecular complexity index is 731. The number of hydrogen-bond donors (Lipinski definition) is 1. The predicted octanol–water partition coefficient (Wildman–Crippen LogP) is 5.24. The lowest BCUT2D eigenvalue weighted by Crippen LogP contribution is -2.14. The highest BCUT2D eigenvalue weighted by Crippen LogP contribution is 2.39.